The van der Waals surface area contributed by atoms with Gasteiger partial charge in [0.1, 0.15) is 0 Å². The summed E-state index contributed by atoms with van der Waals surface area (Å²) >= 11 is 0. The molecule has 1 aromatic carbocycles. The number of carbonyl (C=O) groups is 1. The molecular weight excluding hydrogens is 463 g/mol. The van der Waals surface area contributed by atoms with E-state index >= 15 is 0 Å². The summed E-state index contributed by atoms with van der Waals surface area (Å²) in [4.78, 5) is 15.2. The zero-order valence-corrected chi connectivity index (χ0v) is 23.3. The van der Waals surface area contributed by atoms with Gasteiger partial charge in [-0.1, -0.05) is 6.07 Å². The topological polar surface area (TPSA) is 99.6 Å². The molecule has 2 N–H and O–H groups in total. The molecule has 1 saturated heterocycles. The summed E-state index contributed by atoms with van der Waals surface area (Å²) < 4.78 is 32.0. The zero-order chi connectivity index (χ0) is 23.3. The van der Waals surface area contributed by atoms with Gasteiger partial charge in [0.2, 0.25) is 0 Å². The summed E-state index contributed by atoms with van der Waals surface area (Å²) in [6.45, 7) is 5.38. The molecule has 2 heterocycles. The van der Waals surface area contributed by atoms with Gasteiger partial charge in [-0.05, 0) is 74.6 Å². The molecule has 179 valence electrons. The molecule has 0 saturated carbocycles. The molecule has 1 fully saturated rings. The number of hydrogen-bond acceptors (Lipinski definition) is 5. The largest absolute Gasteiger partial charge is 0.334 e. The molecule has 1 aromatic heterocycles. The summed E-state index contributed by atoms with van der Waals surface area (Å²) in [6.07, 6.45) is 9.17. The number of nitrogens with one attached hydrogen (secondary N) is 2. The number of benzene rings is 1. The Kier molecular flexibility index (Phi) is 7.36. The van der Waals surface area contributed by atoms with Crippen molar-refractivity contribution in [3.05, 3.63) is 40.7 Å². The number of amides is 2. The van der Waals surface area contributed by atoms with Gasteiger partial charge in [0.25, 0.3) is 0 Å². The molecule has 9 nitrogen and oxygen atoms in total. The van der Waals surface area contributed by atoms with Gasteiger partial charge in [-0.15, -0.1) is 0 Å². The molecule has 1 radical (unpaired) electrons. The molecule has 2 aromatic rings. The minimum Gasteiger partial charge on any atom is -0.307 e. The first-order valence-electron chi connectivity index (χ1n) is 11.8. The average molecular weight is 496 g/mol. The van der Waals surface area contributed by atoms with Crippen molar-refractivity contribution in [3.63, 3.8) is 0 Å². The zero-order valence-electron chi connectivity index (χ0n) is 20.5. The molecule has 3 aliphatic rings. The van der Waals surface area contributed by atoms with E-state index in [-0.39, 0.29) is 35.6 Å². The number of anilines is 2. The van der Waals surface area contributed by atoms with Gasteiger partial charge in [0, 0.05) is 67.6 Å². The van der Waals surface area contributed by atoms with E-state index in [0.717, 1.165) is 44.2 Å². The Hall–Kier alpha value is -1.59. The van der Waals surface area contributed by atoms with E-state index in [1.165, 1.54) is 32.8 Å². The summed E-state index contributed by atoms with van der Waals surface area (Å²) in [6, 6.07) is 1.65. The number of rotatable bonds is 6. The minimum absolute atomic E-state index is 0. The summed E-state index contributed by atoms with van der Waals surface area (Å²) in [5, 5.41) is 7.07. The van der Waals surface area contributed by atoms with E-state index in [1.807, 2.05) is 0 Å². The van der Waals surface area contributed by atoms with Crippen molar-refractivity contribution in [1.82, 2.24) is 19.4 Å². The number of nitrogens with zero attached hydrogens (tertiary/aromatic N) is 4. The second kappa shape index (κ2) is 9.81. The van der Waals surface area contributed by atoms with Crippen LogP contribution < -0.4 is 14.3 Å². The van der Waals surface area contributed by atoms with E-state index in [1.54, 1.807) is 17.9 Å². The maximum atomic E-state index is 13.4. The maximum absolute atomic E-state index is 13.4. The van der Waals surface area contributed by atoms with Crippen molar-refractivity contribution >= 4 is 57.2 Å². The van der Waals surface area contributed by atoms with Gasteiger partial charge in [-0.3, -0.25) is 9.58 Å². The third kappa shape index (κ3) is 4.75. The molecule has 2 amide bonds. The average Bonchev–Trinajstić information content (AvgIpc) is 3.43. The van der Waals surface area contributed by atoms with Crippen molar-refractivity contribution in [2.75, 3.05) is 22.7 Å². The van der Waals surface area contributed by atoms with E-state index in [0.29, 0.717) is 24.8 Å². The first-order chi connectivity index (χ1) is 15.7. The SMILES string of the molecule is CC(C)N1CC(N(c2cnn(C)c2)S(=O)(=O)NC(=O)Nc2c3c(cc4c2CCC4)CCC3)C1.[Na]. The summed E-state index contributed by atoms with van der Waals surface area (Å²) in [7, 11) is -2.39. The van der Waals surface area contributed by atoms with Crippen LogP contribution in [0.15, 0.2) is 18.5 Å². The smallest absolute Gasteiger partial charge is 0.307 e. The van der Waals surface area contributed by atoms with E-state index in [9.17, 15) is 13.2 Å². The number of urea groups is 1. The number of aryl methyl sites for hydroxylation is 3. The fourth-order valence-electron chi connectivity index (χ4n) is 5.40. The van der Waals surface area contributed by atoms with Gasteiger partial charge in [0.05, 0.1) is 17.9 Å². The second-order valence-electron chi connectivity index (χ2n) is 9.66. The molecular formula is C23H32N6NaO3S. The number of hydrogen-bond donors (Lipinski definition) is 2. The van der Waals surface area contributed by atoms with E-state index in [2.05, 4.69) is 40.0 Å². The Morgan fingerprint density at radius 2 is 1.74 bits per heavy atom. The van der Waals surface area contributed by atoms with Gasteiger partial charge >= 0.3 is 16.2 Å². The van der Waals surface area contributed by atoms with Crippen molar-refractivity contribution in [2.45, 2.75) is 64.5 Å². The van der Waals surface area contributed by atoms with Crippen LogP contribution in [0, 0.1) is 0 Å². The quantitative estimate of drug-likeness (QED) is 0.597. The van der Waals surface area contributed by atoms with Crippen LogP contribution >= 0.6 is 0 Å². The summed E-state index contributed by atoms with van der Waals surface area (Å²) in [5.41, 5.74) is 6.18. The third-order valence-electron chi connectivity index (χ3n) is 7.09. The first kappa shape index (κ1) is 25.5. The van der Waals surface area contributed by atoms with Crippen LogP contribution in [0.2, 0.25) is 0 Å². The summed E-state index contributed by atoms with van der Waals surface area (Å²) in [5.74, 6) is 0. The standard InChI is InChI=1S/C23H32N6O3S.Na/c1-15(2)28-13-19(14-28)29(18-11-24-27(3)12-18)33(31,32)26-23(30)25-22-20-8-4-6-16(20)10-17-7-5-9-21(17)22;/h10-12,15,19H,4-9,13-14H2,1-3H3,(H2,25,26,30);. The van der Waals surface area contributed by atoms with Crippen LogP contribution in [0.25, 0.3) is 0 Å². The molecule has 5 rings (SSSR count). The Bertz CT molecular complexity index is 1160. The molecule has 0 unspecified atom stereocenters. The Balaban J connectivity index is 0.00000274. The van der Waals surface area contributed by atoms with Crippen LogP contribution in [0.4, 0.5) is 16.2 Å². The Morgan fingerprint density at radius 3 is 2.26 bits per heavy atom. The predicted octanol–water partition coefficient (Wildman–Crippen LogP) is 1.98. The molecule has 0 bridgehead atoms. The van der Waals surface area contributed by atoms with E-state index < -0.39 is 16.2 Å². The van der Waals surface area contributed by atoms with Crippen LogP contribution in [0.5, 0.6) is 0 Å². The van der Waals surface area contributed by atoms with Crippen LogP contribution in [0.3, 0.4) is 0 Å². The number of carbonyl (C=O) groups excluding carboxylic acids is 1. The van der Waals surface area contributed by atoms with Gasteiger partial charge in [-0.2, -0.15) is 13.5 Å². The van der Waals surface area contributed by atoms with Crippen molar-refractivity contribution in [1.29, 1.82) is 0 Å². The van der Waals surface area contributed by atoms with Gasteiger partial charge in [0.15, 0.2) is 0 Å². The molecule has 2 aliphatic carbocycles. The monoisotopic (exact) mass is 495 g/mol. The molecule has 1 aliphatic heterocycles. The third-order valence-corrected chi connectivity index (χ3v) is 8.56. The Labute approximate surface area is 223 Å². The maximum Gasteiger partial charge on any atom is 0.334 e. The van der Waals surface area contributed by atoms with Crippen LogP contribution in [-0.4, -0.2) is 83.9 Å². The van der Waals surface area contributed by atoms with Crippen LogP contribution in [0.1, 0.15) is 48.9 Å². The first-order valence-corrected chi connectivity index (χ1v) is 13.2. The number of likely N-dealkylation sites (tertiary alicyclic amines) is 1. The predicted molar refractivity (Wildman–Crippen MR) is 134 cm³/mol. The molecule has 0 spiro atoms. The second-order valence-corrected chi connectivity index (χ2v) is 11.2. The number of fused-ring (bicyclic) bond motifs is 2. The van der Waals surface area contributed by atoms with Crippen molar-refractivity contribution < 1.29 is 13.2 Å². The fraction of sp³-hybridized carbons (Fsp3) is 0.565. The van der Waals surface area contributed by atoms with Crippen molar-refractivity contribution in [3.8, 4) is 0 Å². The Morgan fingerprint density at radius 1 is 1.12 bits per heavy atom. The number of aromatic nitrogens is 2. The molecule has 0 atom stereocenters. The fourth-order valence-corrected chi connectivity index (χ4v) is 6.68. The molecule has 11 heteroatoms. The van der Waals surface area contributed by atoms with Crippen molar-refractivity contribution in [2.24, 2.45) is 7.05 Å². The normalized spacial score (nSPS) is 17.6. The molecule has 34 heavy (non-hydrogen) atoms. The van der Waals surface area contributed by atoms with Gasteiger partial charge in [-0.25, -0.2) is 13.8 Å². The van der Waals surface area contributed by atoms with Crippen LogP contribution in [-0.2, 0) is 42.9 Å². The van der Waals surface area contributed by atoms with E-state index in [4.69, 9.17) is 0 Å². The van der Waals surface area contributed by atoms with Gasteiger partial charge < -0.3 is 5.32 Å². The minimum atomic E-state index is -4.13.